The number of Topliss-reactive ketones (excluding diaryl/α,β-unsaturated/α-hetero) is 1. The van der Waals surface area contributed by atoms with E-state index >= 15 is 0 Å². The van der Waals surface area contributed by atoms with Crippen LogP contribution >= 0.6 is 0 Å². The minimum absolute atomic E-state index is 0.0400. The number of carbonyl (C=O) groups excluding carboxylic acids is 1. The molecule has 0 aliphatic heterocycles. The maximum atomic E-state index is 12.9. The summed E-state index contributed by atoms with van der Waals surface area (Å²) < 4.78 is 2.03. The van der Waals surface area contributed by atoms with Gasteiger partial charge in [0.1, 0.15) is 11.6 Å². The first-order valence-electron chi connectivity index (χ1n) is 8.59. The van der Waals surface area contributed by atoms with Crippen LogP contribution in [0.1, 0.15) is 28.3 Å². The molecule has 9 heteroatoms. The Balaban J connectivity index is 0.000000330. The van der Waals surface area contributed by atoms with Gasteiger partial charge in [-0.1, -0.05) is 0 Å². The number of benzene rings is 1. The molecule has 4 N–H and O–H groups in total. The van der Waals surface area contributed by atoms with Crippen LogP contribution in [0.15, 0.2) is 30.6 Å². The number of rotatable bonds is 2. The van der Waals surface area contributed by atoms with Crippen molar-refractivity contribution in [3.05, 3.63) is 47.7 Å². The Morgan fingerprint density at radius 3 is 2.61 bits per heavy atom. The minimum atomic E-state index is -1.82. The first-order chi connectivity index (χ1) is 13.3. The summed E-state index contributed by atoms with van der Waals surface area (Å²) >= 11 is 0. The first kappa shape index (κ1) is 19.2. The van der Waals surface area contributed by atoms with E-state index in [-0.39, 0.29) is 17.5 Å². The van der Waals surface area contributed by atoms with Crippen LogP contribution in [0.5, 0.6) is 5.75 Å². The van der Waals surface area contributed by atoms with Crippen LogP contribution < -0.4 is 0 Å². The quantitative estimate of drug-likeness (QED) is 0.493. The summed E-state index contributed by atoms with van der Waals surface area (Å²) in [6, 6.07) is 5.14. The van der Waals surface area contributed by atoms with E-state index in [0.717, 1.165) is 40.8 Å². The van der Waals surface area contributed by atoms with E-state index in [9.17, 15) is 9.90 Å². The predicted molar refractivity (Wildman–Crippen MR) is 98.3 cm³/mol. The lowest BCUT2D eigenvalue weighted by atomic mass is 9.85. The highest BCUT2D eigenvalue weighted by atomic mass is 16.4. The van der Waals surface area contributed by atoms with Crippen LogP contribution in [0.25, 0.3) is 10.9 Å². The lowest BCUT2D eigenvalue weighted by Crippen LogP contribution is -2.26. The number of aromatic nitrogens is 3. The van der Waals surface area contributed by atoms with Crippen molar-refractivity contribution in [3.8, 4) is 5.75 Å². The topological polar surface area (TPSA) is 146 Å². The number of ketones is 1. The largest absolute Gasteiger partial charge is 0.508 e. The monoisotopic (exact) mass is 385 g/mol. The number of carboxylic acids is 2. The van der Waals surface area contributed by atoms with Gasteiger partial charge in [0.25, 0.3) is 0 Å². The Labute approximate surface area is 159 Å². The highest BCUT2D eigenvalue weighted by molar-refractivity contribution is 6.27. The zero-order valence-corrected chi connectivity index (χ0v) is 15.0. The fraction of sp³-hybridized carbons (Fsp3) is 0.263. The standard InChI is InChI=1S/C17H17N3O2.C2H2O4/c1-10-18-6-7-20(10)9-11-2-4-15-16(17(11)22)13-8-12(21)3-5-14(13)19-15;3-1(4)2(5)6/h3,5-8,11,19,21H,2,4,9H2,1H3;(H,3,4)(H,5,6). The van der Waals surface area contributed by atoms with Gasteiger partial charge in [0.05, 0.1) is 0 Å². The Bertz CT molecular complexity index is 1050. The number of hydrogen-bond donors (Lipinski definition) is 4. The lowest BCUT2D eigenvalue weighted by molar-refractivity contribution is -0.159. The van der Waals surface area contributed by atoms with E-state index in [1.807, 2.05) is 23.8 Å². The average molecular weight is 385 g/mol. The number of aliphatic carboxylic acids is 2. The van der Waals surface area contributed by atoms with Crippen LogP contribution in [0.4, 0.5) is 0 Å². The number of aromatic amines is 1. The van der Waals surface area contributed by atoms with Gasteiger partial charge in [0.15, 0.2) is 5.78 Å². The van der Waals surface area contributed by atoms with Crippen molar-refractivity contribution in [1.82, 2.24) is 14.5 Å². The molecule has 9 nitrogen and oxygen atoms in total. The summed E-state index contributed by atoms with van der Waals surface area (Å²) in [5.41, 5.74) is 2.65. The molecule has 1 atom stereocenters. The zero-order valence-electron chi connectivity index (χ0n) is 15.0. The molecule has 0 saturated heterocycles. The second-order valence-electron chi connectivity index (χ2n) is 6.55. The number of nitrogens with zero attached hydrogens (tertiary/aromatic N) is 2. The summed E-state index contributed by atoms with van der Waals surface area (Å²) in [7, 11) is 0. The molecule has 146 valence electrons. The molecular formula is C19H19N3O6. The van der Waals surface area contributed by atoms with Gasteiger partial charge < -0.3 is 24.9 Å². The Morgan fingerprint density at radius 1 is 1.29 bits per heavy atom. The molecule has 0 saturated carbocycles. The van der Waals surface area contributed by atoms with Crippen molar-refractivity contribution in [2.24, 2.45) is 5.92 Å². The molecule has 0 bridgehead atoms. The fourth-order valence-electron chi connectivity index (χ4n) is 3.37. The van der Waals surface area contributed by atoms with Gasteiger partial charge in [-0.05, 0) is 38.0 Å². The molecule has 0 amide bonds. The third-order valence-electron chi connectivity index (χ3n) is 4.74. The van der Waals surface area contributed by atoms with Gasteiger partial charge in [-0.25, -0.2) is 14.6 Å². The molecule has 1 aliphatic carbocycles. The van der Waals surface area contributed by atoms with Crippen molar-refractivity contribution < 1.29 is 29.7 Å². The van der Waals surface area contributed by atoms with Crippen LogP contribution in [0.2, 0.25) is 0 Å². The number of phenols is 1. The van der Waals surface area contributed by atoms with Crippen LogP contribution in [0, 0.1) is 12.8 Å². The van der Waals surface area contributed by atoms with Gasteiger partial charge >= 0.3 is 11.9 Å². The number of fused-ring (bicyclic) bond motifs is 3. The van der Waals surface area contributed by atoms with Gasteiger partial charge in [-0.3, -0.25) is 4.79 Å². The summed E-state index contributed by atoms with van der Waals surface area (Å²) in [6.45, 7) is 2.61. The van der Waals surface area contributed by atoms with E-state index in [0.29, 0.717) is 6.54 Å². The third-order valence-corrected chi connectivity index (χ3v) is 4.74. The van der Waals surface area contributed by atoms with Crippen LogP contribution in [-0.2, 0) is 22.6 Å². The van der Waals surface area contributed by atoms with E-state index in [1.165, 1.54) is 0 Å². The molecule has 4 rings (SSSR count). The molecule has 1 aromatic carbocycles. The second kappa shape index (κ2) is 7.55. The molecule has 0 radical (unpaired) electrons. The van der Waals surface area contributed by atoms with Gasteiger partial charge in [-0.2, -0.15) is 0 Å². The molecule has 2 heterocycles. The number of carboxylic acid groups (broad SMARTS) is 2. The summed E-state index contributed by atoms with van der Waals surface area (Å²) in [5, 5.41) is 25.3. The SMILES string of the molecule is Cc1nccn1CC1CCc2[nH]c3ccc(O)cc3c2C1=O.O=C(O)C(=O)O. The lowest BCUT2D eigenvalue weighted by Gasteiger charge is -2.22. The number of imidazole rings is 1. The number of H-pyrrole nitrogens is 1. The number of phenolic OH excluding ortho intramolecular Hbond substituents is 1. The van der Waals surface area contributed by atoms with Crippen molar-refractivity contribution in [2.45, 2.75) is 26.3 Å². The number of aromatic hydroxyl groups is 1. The number of nitrogens with one attached hydrogen (secondary N) is 1. The van der Waals surface area contributed by atoms with Crippen LogP contribution in [-0.4, -0.2) is 47.6 Å². The van der Waals surface area contributed by atoms with Crippen molar-refractivity contribution in [1.29, 1.82) is 0 Å². The molecule has 1 aliphatic rings. The Hall–Kier alpha value is -3.62. The van der Waals surface area contributed by atoms with Gasteiger partial charge in [0, 0.05) is 47.0 Å². The minimum Gasteiger partial charge on any atom is -0.508 e. The summed E-state index contributed by atoms with van der Waals surface area (Å²) in [5.74, 6) is -2.41. The first-order valence-corrected chi connectivity index (χ1v) is 8.59. The van der Waals surface area contributed by atoms with Crippen LogP contribution in [0.3, 0.4) is 0 Å². The molecule has 2 aromatic heterocycles. The van der Waals surface area contributed by atoms with E-state index in [4.69, 9.17) is 19.8 Å². The van der Waals surface area contributed by atoms with E-state index in [2.05, 4.69) is 9.97 Å². The Morgan fingerprint density at radius 2 is 2.00 bits per heavy atom. The molecule has 0 fully saturated rings. The second-order valence-corrected chi connectivity index (χ2v) is 6.55. The average Bonchev–Trinajstić information content (AvgIpc) is 3.21. The summed E-state index contributed by atoms with van der Waals surface area (Å²) in [6.07, 6.45) is 5.37. The van der Waals surface area contributed by atoms with E-state index < -0.39 is 11.9 Å². The summed E-state index contributed by atoms with van der Waals surface area (Å²) in [4.78, 5) is 38.6. The maximum Gasteiger partial charge on any atom is 0.414 e. The molecular weight excluding hydrogens is 366 g/mol. The molecule has 1 unspecified atom stereocenters. The number of carbonyl (C=O) groups is 3. The van der Waals surface area contributed by atoms with Crippen molar-refractivity contribution in [2.75, 3.05) is 0 Å². The highest BCUT2D eigenvalue weighted by Gasteiger charge is 2.31. The molecule has 3 aromatic rings. The predicted octanol–water partition coefficient (Wildman–Crippen LogP) is 1.98. The number of hydrogen-bond acceptors (Lipinski definition) is 5. The molecule has 28 heavy (non-hydrogen) atoms. The molecule has 0 spiro atoms. The smallest absolute Gasteiger partial charge is 0.414 e. The van der Waals surface area contributed by atoms with Gasteiger partial charge in [-0.15, -0.1) is 0 Å². The Kier molecular flexibility index (Phi) is 5.16. The van der Waals surface area contributed by atoms with Gasteiger partial charge in [0.2, 0.25) is 0 Å². The van der Waals surface area contributed by atoms with E-state index in [1.54, 1.807) is 18.3 Å². The fourth-order valence-corrected chi connectivity index (χ4v) is 3.37. The third kappa shape index (κ3) is 3.73. The zero-order chi connectivity index (χ0) is 20.4. The number of aryl methyl sites for hydroxylation is 2. The van der Waals surface area contributed by atoms with Crippen molar-refractivity contribution in [3.63, 3.8) is 0 Å². The normalized spacial score (nSPS) is 15.6. The maximum absolute atomic E-state index is 12.9. The van der Waals surface area contributed by atoms with Crippen molar-refractivity contribution >= 4 is 28.6 Å². The highest BCUT2D eigenvalue weighted by Crippen LogP contribution is 2.34.